The number of ether oxygens (including phenoxy) is 5. The Labute approximate surface area is 676 Å². The van der Waals surface area contributed by atoms with Crippen molar-refractivity contribution in [1.29, 1.82) is 0 Å². The number of rotatable bonds is 26. The van der Waals surface area contributed by atoms with Crippen molar-refractivity contribution in [1.82, 2.24) is 78.1 Å². The lowest BCUT2D eigenvalue weighted by Crippen LogP contribution is -2.17. The Balaban J connectivity index is 0.000000136. The van der Waals surface area contributed by atoms with E-state index in [0.717, 1.165) is 44.0 Å². The lowest BCUT2D eigenvalue weighted by Gasteiger charge is -2.30. The molecule has 4 aliphatic heterocycles. The molecular weight excluding hydrogens is 1640 g/mol. The summed E-state index contributed by atoms with van der Waals surface area (Å²) in [6.07, 6.45) is 8.61. The highest BCUT2D eigenvalue weighted by molar-refractivity contribution is 7.98. The van der Waals surface area contributed by atoms with Gasteiger partial charge in [-0.25, -0.2) is 19.9 Å². The van der Waals surface area contributed by atoms with E-state index in [2.05, 4.69) is 59.8 Å². The first-order valence-corrected chi connectivity index (χ1v) is 45.2. The second kappa shape index (κ2) is 38.9. The van der Waals surface area contributed by atoms with Crippen LogP contribution in [-0.4, -0.2) is 170 Å². The number of benzene rings is 4. The van der Waals surface area contributed by atoms with Gasteiger partial charge in [-0.1, -0.05) is 83.9 Å². The number of imidazole rings is 4. The number of nitrogens with zero attached hydrogens (tertiary/aromatic N) is 12. The lowest BCUT2D eigenvalue weighted by atomic mass is 10.1. The molecule has 4 saturated heterocycles. The molecule has 41 nitrogen and oxygen atoms in total. The van der Waals surface area contributed by atoms with E-state index in [9.17, 15) is 37.4 Å². The SMILES string of the molecule is COc1ccc(C2CCOP(=O)(COCCn3cnc4c(=O)[nH]c(N)nc43)O2)cc1.CSc1ccc(C2CCOP(=O)(COCCn3cnc4c(=O)[nH]c(N)nc43)O2)cc1.Cc1ccc(C2CCOP(=O)(COCCn3cnc4c(=O)[nH]c(N)nc43)O2)cc1.Cc1ccc(C2CCOP(=O)(COCCn3cnc4c(=O)[nH]c(N)nc43)O2)cc1. The molecule has 8 aromatic heterocycles. The molecular formula is C72H88N20O21P4S. The summed E-state index contributed by atoms with van der Waals surface area (Å²) >= 11 is 1.66. The zero-order valence-electron chi connectivity index (χ0n) is 64.4. The Hall–Kier alpha value is -9.93. The molecule has 8 unspecified atom stereocenters. The number of aromatic amines is 4. The molecule has 0 radical (unpaired) electrons. The van der Waals surface area contributed by atoms with Crippen molar-refractivity contribution in [2.24, 2.45) is 0 Å². The average Bonchev–Trinajstić information content (AvgIpc) is 1.70. The van der Waals surface area contributed by atoms with E-state index < -0.39 is 52.6 Å². The van der Waals surface area contributed by atoms with E-state index in [1.54, 1.807) is 37.1 Å². The summed E-state index contributed by atoms with van der Waals surface area (Å²) in [5.74, 6) is 0.789. The molecule has 118 heavy (non-hydrogen) atoms. The Bertz CT molecular complexity index is 5550. The third-order valence-corrected chi connectivity index (χ3v) is 25.9. The van der Waals surface area contributed by atoms with Crippen molar-refractivity contribution >= 4 is 111 Å². The zero-order valence-corrected chi connectivity index (χ0v) is 68.8. The minimum absolute atomic E-state index is 0.00758. The lowest BCUT2D eigenvalue weighted by molar-refractivity contribution is 0.0559. The monoisotopic (exact) mass is 1720 g/mol. The summed E-state index contributed by atoms with van der Waals surface area (Å²) in [7, 11) is -11.9. The molecule has 0 bridgehead atoms. The highest BCUT2D eigenvalue weighted by atomic mass is 32.2. The van der Waals surface area contributed by atoms with Crippen molar-refractivity contribution in [3.8, 4) is 5.75 Å². The third kappa shape index (κ3) is 22.1. The highest BCUT2D eigenvalue weighted by Crippen LogP contribution is 2.59. The number of thioether (sulfide) groups is 1. The van der Waals surface area contributed by atoms with Crippen molar-refractivity contribution < 1.29 is 78.1 Å². The summed E-state index contributed by atoms with van der Waals surface area (Å²) in [5, 5.41) is 0. The molecule has 12 N–H and O–H groups in total. The van der Waals surface area contributed by atoms with Gasteiger partial charge in [0.15, 0.2) is 44.7 Å². The first kappa shape index (κ1) is 85.9. The Morgan fingerprint density at radius 2 is 0.644 bits per heavy atom. The predicted molar refractivity (Wildman–Crippen MR) is 435 cm³/mol. The fourth-order valence-corrected chi connectivity index (χ4v) is 19.2. The number of aryl methyl sites for hydroxylation is 2. The summed E-state index contributed by atoms with van der Waals surface area (Å²) in [4.78, 5) is 90.5. The van der Waals surface area contributed by atoms with Crippen LogP contribution in [0.25, 0.3) is 44.7 Å². The van der Waals surface area contributed by atoms with E-state index >= 15 is 0 Å². The predicted octanol–water partition coefficient (Wildman–Crippen LogP) is 9.54. The van der Waals surface area contributed by atoms with Gasteiger partial charge in [0, 0.05) is 56.8 Å². The van der Waals surface area contributed by atoms with E-state index in [4.69, 9.17) is 82.8 Å². The van der Waals surface area contributed by atoms with Crippen molar-refractivity contribution in [3.05, 3.63) is 197 Å². The van der Waals surface area contributed by atoms with Crippen molar-refractivity contribution in [3.63, 3.8) is 0 Å². The molecule has 12 aromatic rings. The van der Waals surface area contributed by atoms with Crippen LogP contribution in [0.1, 0.15) is 83.5 Å². The average molecular weight is 1730 g/mol. The Morgan fingerprint density at radius 1 is 0.398 bits per heavy atom. The van der Waals surface area contributed by atoms with Gasteiger partial charge in [-0.3, -0.25) is 75.5 Å². The maximum Gasteiger partial charge on any atom is 0.356 e. The first-order chi connectivity index (χ1) is 56.8. The van der Waals surface area contributed by atoms with Crippen LogP contribution >= 0.6 is 42.1 Å². The molecule has 0 spiro atoms. The van der Waals surface area contributed by atoms with Crippen molar-refractivity contribution in [2.45, 2.75) is 95.0 Å². The number of hydrogen-bond donors (Lipinski definition) is 8. The van der Waals surface area contributed by atoms with Crippen LogP contribution in [0.2, 0.25) is 0 Å². The van der Waals surface area contributed by atoms with Crippen LogP contribution in [0.4, 0.5) is 23.8 Å². The molecule has 0 saturated carbocycles. The van der Waals surface area contributed by atoms with E-state index in [-0.39, 0.29) is 122 Å². The fourth-order valence-electron chi connectivity index (χ4n) is 12.6. The van der Waals surface area contributed by atoms with E-state index in [1.807, 2.05) is 117 Å². The molecule has 4 aromatic carbocycles. The van der Waals surface area contributed by atoms with E-state index in [1.165, 1.54) is 25.3 Å². The topological polar surface area (TPSA) is 547 Å². The van der Waals surface area contributed by atoms with Crippen molar-refractivity contribution in [2.75, 3.05) is 115 Å². The smallest absolute Gasteiger partial charge is 0.356 e. The quantitative estimate of drug-likeness (QED) is 0.0142. The van der Waals surface area contributed by atoms with Gasteiger partial charge < -0.3 is 83.0 Å². The molecule has 0 amide bonds. The molecule has 46 heteroatoms. The van der Waals surface area contributed by atoms with Gasteiger partial charge in [-0.05, 0) is 66.6 Å². The van der Waals surface area contributed by atoms with Gasteiger partial charge in [0.2, 0.25) is 23.8 Å². The normalized spacial score (nSPS) is 22.0. The number of anilines is 4. The highest BCUT2D eigenvalue weighted by Gasteiger charge is 2.39. The number of nitrogens with one attached hydrogen (secondary N) is 4. The molecule has 8 atom stereocenters. The number of nitrogens with two attached hydrogens (primary N) is 4. The summed E-state index contributed by atoms with van der Waals surface area (Å²) in [6.45, 7) is 7.61. The molecule has 0 aliphatic carbocycles. The van der Waals surface area contributed by atoms with Gasteiger partial charge in [0.25, 0.3) is 22.2 Å². The van der Waals surface area contributed by atoms with Gasteiger partial charge >= 0.3 is 30.4 Å². The van der Waals surface area contributed by atoms with E-state index in [0.29, 0.717) is 101 Å². The second-order valence-electron chi connectivity index (χ2n) is 27.1. The maximum atomic E-state index is 12.9. The maximum absolute atomic E-state index is 12.9. The molecule has 628 valence electrons. The van der Waals surface area contributed by atoms with Crippen LogP contribution in [0.3, 0.4) is 0 Å². The number of methoxy groups -OCH3 is 1. The molecule has 16 rings (SSSR count). The van der Waals surface area contributed by atoms with Crippen LogP contribution in [0.15, 0.2) is 146 Å². The van der Waals surface area contributed by atoms with Crippen LogP contribution in [0.5, 0.6) is 5.75 Å². The van der Waals surface area contributed by atoms with Gasteiger partial charge in [0.1, 0.15) is 31.1 Å². The summed E-state index contributed by atoms with van der Waals surface area (Å²) in [6, 6.07) is 31.3. The number of nitrogen functional groups attached to an aromatic ring is 4. The van der Waals surface area contributed by atoms with Crippen LogP contribution in [0, 0.1) is 13.8 Å². The molecule has 12 heterocycles. The van der Waals surface area contributed by atoms with Gasteiger partial charge in [-0.15, -0.1) is 11.8 Å². The first-order valence-electron chi connectivity index (χ1n) is 37.0. The van der Waals surface area contributed by atoms with Crippen LogP contribution < -0.4 is 49.9 Å². The summed E-state index contributed by atoms with van der Waals surface area (Å²) < 4.78 is 130. The number of aromatic nitrogens is 16. The van der Waals surface area contributed by atoms with Crippen LogP contribution in [-0.2, 0) is 99.6 Å². The third-order valence-electron chi connectivity index (χ3n) is 18.6. The number of hydrogen-bond acceptors (Lipinski definition) is 34. The zero-order chi connectivity index (χ0) is 83.1. The molecule has 4 fully saturated rings. The second-order valence-corrected chi connectivity index (χ2v) is 35.7. The minimum atomic E-state index is -3.39. The fraction of sp³-hybridized carbons (Fsp3) is 0.389. The molecule has 4 aliphatic rings. The standard InChI is InChI=1S/C18H22N5O6P.C18H22N5O5PS.2C18H22N5O5P/c1-26-13-4-2-12(3-5-13)14-6-8-28-30(25,29-14)11-27-9-7-23-10-20-15-16(23)21-18(19)22-17(15)24;1-30-13-4-2-12(3-5-13)14-6-8-27-29(25,28-14)11-26-9-7-23-10-20-15-16(23)21-18(19)22-17(15)24;2*1-12-2-4-13(5-3-12)14-6-8-27-29(25,28-14)11-26-9-7-23-10-20-15-16(23)21-18(19)22-17(15)24/h2*2-5,10,14H,6-9,11H2,1H3,(H3,19,21,22,24);2*2-5,10,14H,6-9,11H2,1H3,(H3,19,21,22,24). The number of H-pyrrole nitrogens is 4. The van der Waals surface area contributed by atoms with Gasteiger partial charge in [-0.2, -0.15) is 19.9 Å². The largest absolute Gasteiger partial charge is 0.497 e. The summed E-state index contributed by atoms with van der Waals surface area (Å²) in [5.41, 5.74) is 29.1. The Kier molecular flexibility index (Phi) is 28.3. The Morgan fingerprint density at radius 3 is 0.890 bits per heavy atom. The number of fused-ring (bicyclic) bond motifs is 4. The van der Waals surface area contributed by atoms with Gasteiger partial charge in [0.05, 0.1) is 110 Å². The minimum Gasteiger partial charge on any atom is -0.497 e.